The zero-order valence-corrected chi connectivity index (χ0v) is 12.1. The van der Waals surface area contributed by atoms with Gasteiger partial charge in [-0.15, -0.1) is 0 Å². The molecule has 0 amide bonds. The van der Waals surface area contributed by atoms with Gasteiger partial charge in [0.15, 0.2) is 16.2 Å². The van der Waals surface area contributed by atoms with Crippen molar-refractivity contribution in [1.82, 2.24) is 5.32 Å². The fourth-order valence-corrected chi connectivity index (χ4v) is 2.30. The van der Waals surface area contributed by atoms with Crippen LogP contribution in [0.2, 0.25) is 0 Å². The molecule has 19 heavy (non-hydrogen) atoms. The number of fused-ring (bicyclic) bond motifs is 1. The lowest BCUT2D eigenvalue weighted by atomic mass is 10.2. The summed E-state index contributed by atoms with van der Waals surface area (Å²) >= 11 is 3.31. The Morgan fingerprint density at radius 1 is 1.21 bits per heavy atom. The molecule has 1 aromatic heterocycles. The molecular formula is C14H14BrNO3. The van der Waals surface area contributed by atoms with E-state index in [1.54, 1.807) is 0 Å². The molecule has 0 spiro atoms. The van der Waals surface area contributed by atoms with Gasteiger partial charge in [0, 0.05) is 6.54 Å². The minimum absolute atomic E-state index is 0.150. The summed E-state index contributed by atoms with van der Waals surface area (Å²) in [6.45, 7) is 3.12. The maximum atomic E-state index is 5.52. The van der Waals surface area contributed by atoms with E-state index >= 15 is 0 Å². The van der Waals surface area contributed by atoms with Crippen molar-refractivity contribution in [3.8, 4) is 11.5 Å². The number of halogens is 1. The number of rotatable bonds is 4. The number of benzene rings is 1. The van der Waals surface area contributed by atoms with Crippen LogP contribution in [-0.2, 0) is 6.54 Å². The Bertz CT molecular complexity index is 582. The summed E-state index contributed by atoms with van der Waals surface area (Å²) in [6.07, 6.45) is 0. The molecule has 5 heteroatoms. The predicted molar refractivity (Wildman–Crippen MR) is 74.2 cm³/mol. The van der Waals surface area contributed by atoms with E-state index in [2.05, 4.69) is 28.2 Å². The highest BCUT2D eigenvalue weighted by molar-refractivity contribution is 9.10. The lowest BCUT2D eigenvalue weighted by Gasteiger charge is -2.11. The normalized spacial score (nSPS) is 14.6. The first-order chi connectivity index (χ1) is 9.22. The Hall–Kier alpha value is -1.46. The molecule has 0 fully saturated rings. The standard InChI is InChI=1S/C14H14BrNO3/c1-9(11-4-5-14(15)19-11)16-7-10-2-3-12-13(6-10)18-8-17-12/h2-6,9,16H,7-8H2,1H3. The van der Waals surface area contributed by atoms with Crippen molar-refractivity contribution in [3.05, 3.63) is 46.3 Å². The summed E-state index contributed by atoms with van der Waals surface area (Å²) in [5.74, 6) is 2.53. The SMILES string of the molecule is CC(NCc1ccc2c(c1)OCO2)c1ccc(Br)o1. The van der Waals surface area contributed by atoms with Gasteiger partial charge in [-0.3, -0.25) is 0 Å². The van der Waals surface area contributed by atoms with E-state index < -0.39 is 0 Å². The van der Waals surface area contributed by atoms with Crippen molar-refractivity contribution in [2.45, 2.75) is 19.5 Å². The molecule has 0 bridgehead atoms. The highest BCUT2D eigenvalue weighted by Crippen LogP contribution is 2.32. The van der Waals surface area contributed by atoms with E-state index in [-0.39, 0.29) is 6.04 Å². The summed E-state index contributed by atoms with van der Waals surface area (Å²) in [5.41, 5.74) is 1.15. The Labute approximate surface area is 119 Å². The molecule has 1 unspecified atom stereocenters. The van der Waals surface area contributed by atoms with Crippen LogP contribution in [0.15, 0.2) is 39.4 Å². The first-order valence-electron chi connectivity index (χ1n) is 6.09. The summed E-state index contributed by atoms with van der Waals surface area (Å²) in [4.78, 5) is 0. The van der Waals surface area contributed by atoms with E-state index in [0.717, 1.165) is 34.0 Å². The molecular weight excluding hydrogens is 310 g/mol. The van der Waals surface area contributed by atoms with E-state index in [9.17, 15) is 0 Å². The predicted octanol–water partition coefficient (Wildman–Crippen LogP) is 3.62. The summed E-state index contributed by atoms with van der Waals surface area (Å²) in [7, 11) is 0. The number of hydrogen-bond acceptors (Lipinski definition) is 4. The van der Waals surface area contributed by atoms with E-state index in [0.29, 0.717) is 6.79 Å². The molecule has 1 aliphatic heterocycles. The Kier molecular flexibility index (Phi) is 3.48. The molecule has 2 aromatic rings. The van der Waals surface area contributed by atoms with Crippen LogP contribution >= 0.6 is 15.9 Å². The molecule has 3 rings (SSSR count). The van der Waals surface area contributed by atoms with E-state index in [4.69, 9.17) is 13.9 Å². The summed E-state index contributed by atoms with van der Waals surface area (Å²) in [5, 5.41) is 3.41. The molecule has 1 aliphatic rings. The monoisotopic (exact) mass is 323 g/mol. The Morgan fingerprint density at radius 2 is 2.05 bits per heavy atom. The molecule has 0 saturated carbocycles. The van der Waals surface area contributed by atoms with Gasteiger partial charge in [0.1, 0.15) is 5.76 Å². The number of nitrogens with one attached hydrogen (secondary N) is 1. The topological polar surface area (TPSA) is 43.6 Å². The minimum Gasteiger partial charge on any atom is -0.454 e. The Morgan fingerprint density at radius 3 is 2.84 bits per heavy atom. The van der Waals surface area contributed by atoms with Gasteiger partial charge in [-0.25, -0.2) is 0 Å². The van der Waals surface area contributed by atoms with Gasteiger partial charge in [0.05, 0.1) is 6.04 Å². The molecule has 1 atom stereocenters. The largest absolute Gasteiger partial charge is 0.454 e. The molecule has 4 nitrogen and oxygen atoms in total. The van der Waals surface area contributed by atoms with Crippen molar-refractivity contribution in [1.29, 1.82) is 0 Å². The third kappa shape index (κ3) is 2.77. The van der Waals surface area contributed by atoms with Crippen molar-refractivity contribution in [3.63, 3.8) is 0 Å². The molecule has 0 aliphatic carbocycles. The molecule has 0 saturated heterocycles. The lowest BCUT2D eigenvalue weighted by molar-refractivity contribution is 0.174. The van der Waals surface area contributed by atoms with Gasteiger partial charge in [0.25, 0.3) is 0 Å². The van der Waals surface area contributed by atoms with Crippen LogP contribution in [0.4, 0.5) is 0 Å². The molecule has 0 radical (unpaired) electrons. The lowest BCUT2D eigenvalue weighted by Crippen LogP contribution is -2.17. The first-order valence-corrected chi connectivity index (χ1v) is 6.89. The maximum Gasteiger partial charge on any atom is 0.231 e. The van der Waals surface area contributed by atoms with Crippen LogP contribution in [-0.4, -0.2) is 6.79 Å². The Balaban J connectivity index is 1.63. The second-order valence-electron chi connectivity index (χ2n) is 4.43. The summed E-state index contributed by atoms with van der Waals surface area (Å²) in [6, 6.07) is 9.98. The van der Waals surface area contributed by atoms with Crippen LogP contribution in [0.5, 0.6) is 11.5 Å². The number of ether oxygens (including phenoxy) is 2. The third-order valence-corrected chi connectivity index (χ3v) is 3.50. The number of furan rings is 1. The molecule has 1 aromatic carbocycles. The van der Waals surface area contributed by atoms with Gasteiger partial charge in [-0.1, -0.05) is 6.07 Å². The van der Waals surface area contributed by atoms with Gasteiger partial charge in [-0.05, 0) is 52.7 Å². The molecule has 100 valence electrons. The van der Waals surface area contributed by atoms with E-state index in [1.807, 2.05) is 30.3 Å². The smallest absolute Gasteiger partial charge is 0.231 e. The maximum absolute atomic E-state index is 5.52. The van der Waals surface area contributed by atoms with Gasteiger partial charge >= 0.3 is 0 Å². The minimum atomic E-state index is 0.150. The third-order valence-electron chi connectivity index (χ3n) is 3.07. The van der Waals surface area contributed by atoms with Crippen molar-refractivity contribution >= 4 is 15.9 Å². The molecule has 1 N–H and O–H groups in total. The average Bonchev–Trinajstić information content (AvgIpc) is 3.03. The van der Waals surface area contributed by atoms with Gasteiger partial charge in [-0.2, -0.15) is 0 Å². The van der Waals surface area contributed by atoms with Crippen LogP contribution in [0.1, 0.15) is 24.3 Å². The fraction of sp³-hybridized carbons (Fsp3) is 0.286. The van der Waals surface area contributed by atoms with Crippen molar-refractivity contribution in [2.75, 3.05) is 6.79 Å². The van der Waals surface area contributed by atoms with Gasteiger partial charge < -0.3 is 19.2 Å². The van der Waals surface area contributed by atoms with Crippen molar-refractivity contribution in [2.24, 2.45) is 0 Å². The van der Waals surface area contributed by atoms with Gasteiger partial charge in [0.2, 0.25) is 6.79 Å². The number of hydrogen-bond donors (Lipinski definition) is 1. The van der Waals surface area contributed by atoms with Crippen LogP contribution in [0, 0.1) is 0 Å². The second kappa shape index (κ2) is 5.27. The average molecular weight is 324 g/mol. The fourth-order valence-electron chi connectivity index (χ4n) is 1.98. The summed E-state index contributed by atoms with van der Waals surface area (Å²) < 4.78 is 16.9. The second-order valence-corrected chi connectivity index (χ2v) is 5.21. The first kappa shape index (κ1) is 12.6. The van der Waals surface area contributed by atoms with E-state index in [1.165, 1.54) is 0 Å². The quantitative estimate of drug-likeness (QED) is 0.933. The highest BCUT2D eigenvalue weighted by atomic mass is 79.9. The van der Waals surface area contributed by atoms with Crippen LogP contribution in [0.3, 0.4) is 0 Å². The zero-order valence-electron chi connectivity index (χ0n) is 10.5. The van der Waals surface area contributed by atoms with Crippen LogP contribution in [0.25, 0.3) is 0 Å². The molecule has 2 heterocycles. The van der Waals surface area contributed by atoms with Crippen LogP contribution < -0.4 is 14.8 Å². The van der Waals surface area contributed by atoms with Crippen molar-refractivity contribution < 1.29 is 13.9 Å². The highest BCUT2D eigenvalue weighted by Gasteiger charge is 2.14. The zero-order chi connectivity index (χ0) is 13.2.